The monoisotopic (exact) mass is 268 g/mol. The molecular weight excluding hydrogens is 252 g/mol. The molecule has 0 unspecified atom stereocenters. The van der Waals surface area contributed by atoms with Crippen LogP contribution < -0.4 is 0 Å². The molecule has 1 aliphatic heterocycles. The van der Waals surface area contributed by atoms with E-state index in [-0.39, 0.29) is 4.90 Å². The molecule has 7 heteroatoms. The van der Waals surface area contributed by atoms with E-state index in [0.717, 1.165) is 0 Å². The number of aromatic nitrogens is 2. The molecule has 0 aliphatic carbocycles. The summed E-state index contributed by atoms with van der Waals surface area (Å²) in [6.07, 6.45) is 3.99. The number of nitriles is 1. The largest absolute Gasteiger partial charge is 0.274 e. The van der Waals surface area contributed by atoms with Crippen LogP contribution in [0.4, 0.5) is 0 Å². The second-order valence-corrected chi connectivity index (χ2v) is 6.86. The Labute approximate surface area is 107 Å². The minimum atomic E-state index is -3.46. The highest BCUT2D eigenvalue weighted by molar-refractivity contribution is 7.89. The smallest absolute Gasteiger partial charge is 0.246 e. The van der Waals surface area contributed by atoms with Crippen LogP contribution in [0.15, 0.2) is 17.3 Å². The van der Waals surface area contributed by atoms with Crippen LogP contribution in [0.1, 0.15) is 19.8 Å². The molecule has 2 heterocycles. The molecule has 1 aliphatic rings. The van der Waals surface area contributed by atoms with Gasteiger partial charge < -0.3 is 0 Å². The van der Waals surface area contributed by atoms with Crippen LogP contribution >= 0.6 is 0 Å². The molecule has 0 N–H and O–H groups in total. The van der Waals surface area contributed by atoms with Gasteiger partial charge in [-0.1, -0.05) is 0 Å². The van der Waals surface area contributed by atoms with Gasteiger partial charge in [-0.3, -0.25) is 4.68 Å². The second kappa shape index (κ2) is 4.37. The second-order valence-electron chi connectivity index (χ2n) is 4.93. The van der Waals surface area contributed by atoms with E-state index in [1.807, 2.05) is 6.92 Å². The van der Waals surface area contributed by atoms with Crippen LogP contribution in [0.25, 0.3) is 0 Å². The van der Waals surface area contributed by atoms with Crippen LogP contribution in [-0.2, 0) is 17.1 Å². The maximum absolute atomic E-state index is 12.3. The Hall–Kier alpha value is -1.39. The van der Waals surface area contributed by atoms with Gasteiger partial charge >= 0.3 is 0 Å². The summed E-state index contributed by atoms with van der Waals surface area (Å²) in [5.41, 5.74) is -0.402. The average molecular weight is 268 g/mol. The van der Waals surface area contributed by atoms with Crippen LogP contribution in [0.2, 0.25) is 0 Å². The van der Waals surface area contributed by atoms with Crippen molar-refractivity contribution < 1.29 is 8.42 Å². The molecule has 1 saturated heterocycles. The first kappa shape index (κ1) is 13.1. The van der Waals surface area contributed by atoms with E-state index in [4.69, 9.17) is 5.26 Å². The molecule has 1 aromatic heterocycles. The van der Waals surface area contributed by atoms with Crippen molar-refractivity contribution in [1.82, 2.24) is 14.1 Å². The minimum absolute atomic E-state index is 0.213. The fraction of sp³-hybridized carbons (Fsp3) is 0.636. The minimum Gasteiger partial charge on any atom is -0.274 e. The lowest BCUT2D eigenvalue weighted by Crippen LogP contribution is -2.41. The van der Waals surface area contributed by atoms with E-state index in [0.29, 0.717) is 25.9 Å². The Morgan fingerprint density at radius 2 is 2.06 bits per heavy atom. The molecule has 6 nitrogen and oxygen atoms in total. The van der Waals surface area contributed by atoms with E-state index < -0.39 is 15.4 Å². The van der Waals surface area contributed by atoms with Crippen molar-refractivity contribution in [2.75, 3.05) is 13.1 Å². The topological polar surface area (TPSA) is 79.0 Å². The number of piperidine rings is 1. The van der Waals surface area contributed by atoms with Crippen molar-refractivity contribution in [1.29, 1.82) is 5.26 Å². The maximum atomic E-state index is 12.3. The summed E-state index contributed by atoms with van der Waals surface area (Å²) >= 11 is 0. The molecule has 0 saturated carbocycles. The fourth-order valence-electron chi connectivity index (χ4n) is 2.01. The quantitative estimate of drug-likeness (QED) is 0.792. The zero-order chi connectivity index (χ0) is 13.4. The lowest BCUT2D eigenvalue weighted by molar-refractivity contribution is 0.232. The molecule has 0 aromatic carbocycles. The molecule has 18 heavy (non-hydrogen) atoms. The third kappa shape index (κ3) is 2.26. The number of aryl methyl sites for hydroxylation is 1. The first-order valence-electron chi connectivity index (χ1n) is 5.77. The van der Waals surface area contributed by atoms with Crippen molar-refractivity contribution in [3.63, 3.8) is 0 Å². The predicted octanol–water partition coefficient (Wildman–Crippen LogP) is 0.734. The molecular formula is C11H16N4O2S. The number of nitrogens with zero attached hydrogens (tertiary/aromatic N) is 4. The van der Waals surface area contributed by atoms with Gasteiger partial charge in [-0.2, -0.15) is 14.7 Å². The van der Waals surface area contributed by atoms with E-state index >= 15 is 0 Å². The Morgan fingerprint density at radius 1 is 1.44 bits per heavy atom. The normalized spacial score (nSPS) is 20.5. The summed E-state index contributed by atoms with van der Waals surface area (Å²) in [4.78, 5) is 0.213. The van der Waals surface area contributed by atoms with Crippen molar-refractivity contribution in [2.24, 2.45) is 12.5 Å². The van der Waals surface area contributed by atoms with Gasteiger partial charge in [-0.25, -0.2) is 8.42 Å². The summed E-state index contributed by atoms with van der Waals surface area (Å²) < 4.78 is 27.5. The Balaban J connectivity index is 2.17. The van der Waals surface area contributed by atoms with Crippen LogP contribution in [0.3, 0.4) is 0 Å². The van der Waals surface area contributed by atoms with Crippen molar-refractivity contribution in [2.45, 2.75) is 24.7 Å². The summed E-state index contributed by atoms with van der Waals surface area (Å²) in [6, 6.07) is 2.26. The molecule has 1 fully saturated rings. The lowest BCUT2D eigenvalue weighted by atomic mass is 9.83. The number of rotatable bonds is 2. The molecule has 0 bridgehead atoms. The van der Waals surface area contributed by atoms with Crippen LogP contribution in [0, 0.1) is 16.7 Å². The van der Waals surface area contributed by atoms with Crippen molar-refractivity contribution >= 4 is 10.0 Å². The number of hydrogen-bond acceptors (Lipinski definition) is 4. The zero-order valence-electron chi connectivity index (χ0n) is 10.5. The molecule has 0 atom stereocenters. The third-order valence-corrected chi connectivity index (χ3v) is 5.27. The van der Waals surface area contributed by atoms with Crippen LogP contribution in [0.5, 0.6) is 0 Å². The van der Waals surface area contributed by atoms with Crippen LogP contribution in [-0.4, -0.2) is 35.6 Å². The number of hydrogen-bond donors (Lipinski definition) is 0. The van der Waals surface area contributed by atoms with E-state index in [9.17, 15) is 8.42 Å². The SMILES string of the molecule is Cn1cc(S(=O)(=O)N2CCC(C)(C#N)CC2)cn1. The van der Waals surface area contributed by atoms with E-state index in [1.165, 1.54) is 21.4 Å². The van der Waals surface area contributed by atoms with Gasteiger partial charge in [0.2, 0.25) is 10.0 Å². The lowest BCUT2D eigenvalue weighted by Gasteiger charge is -2.33. The molecule has 1 aromatic rings. The highest BCUT2D eigenvalue weighted by Crippen LogP contribution is 2.32. The molecule has 0 radical (unpaired) electrons. The Morgan fingerprint density at radius 3 is 2.50 bits per heavy atom. The van der Waals surface area contributed by atoms with E-state index in [2.05, 4.69) is 11.2 Å². The Bertz CT molecular complexity index is 576. The first-order chi connectivity index (χ1) is 8.37. The molecule has 0 spiro atoms. The molecule has 2 rings (SSSR count). The summed E-state index contributed by atoms with van der Waals surface area (Å²) in [7, 11) is -1.78. The highest BCUT2D eigenvalue weighted by Gasteiger charge is 2.35. The summed E-state index contributed by atoms with van der Waals surface area (Å²) in [5, 5.41) is 12.9. The van der Waals surface area contributed by atoms with Gasteiger partial charge in [0.05, 0.1) is 17.7 Å². The van der Waals surface area contributed by atoms with Gasteiger partial charge in [0.1, 0.15) is 4.90 Å². The first-order valence-corrected chi connectivity index (χ1v) is 7.21. The highest BCUT2D eigenvalue weighted by atomic mass is 32.2. The average Bonchev–Trinajstić information content (AvgIpc) is 2.77. The Kier molecular flexibility index (Phi) is 3.17. The van der Waals surface area contributed by atoms with E-state index in [1.54, 1.807) is 7.05 Å². The third-order valence-electron chi connectivity index (χ3n) is 3.41. The van der Waals surface area contributed by atoms with Gasteiger partial charge in [-0.05, 0) is 19.8 Å². The van der Waals surface area contributed by atoms with Crippen molar-refractivity contribution in [3.05, 3.63) is 12.4 Å². The fourth-order valence-corrected chi connectivity index (χ4v) is 3.44. The van der Waals surface area contributed by atoms with Gasteiger partial charge in [0.25, 0.3) is 0 Å². The van der Waals surface area contributed by atoms with Gasteiger partial charge in [0.15, 0.2) is 0 Å². The maximum Gasteiger partial charge on any atom is 0.246 e. The number of sulfonamides is 1. The van der Waals surface area contributed by atoms with Crippen molar-refractivity contribution in [3.8, 4) is 6.07 Å². The predicted molar refractivity (Wildman–Crippen MR) is 64.9 cm³/mol. The zero-order valence-corrected chi connectivity index (χ0v) is 11.3. The molecule has 0 amide bonds. The van der Waals surface area contributed by atoms with Gasteiger partial charge in [0, 0.05) is 26.3 Å². The molecule has 98 valence electrons. The standard InChI is InChI=1S/C11H16N4O2S/c1-11(9-12)3-5-15(6-4-11)18(16,17)10-7-13-14(2)8-10/h7-8H,3-6H2,1-2H3. The van der Waals surface area contributed by atoms with Gasteiger partial charge in [-0.15, -0.1) is 0 Å². The summed E-state index contributed by atoms with van der Waals surface area (Å²) in [6.45, 7) is 2.66. The summed E-state index contributed by atoms with van der Waals surface area (Å²) in [5.74, 6) is 0.